The van der Waals surface area contributed by atoms with Gasteiger partial charge in [0.2, 0.25) is 0 Å². The summed E-state index contributed by atoms with van der Waals surface area (Å²) in [6, 6.07) is 11.7. The van der Waals surface area contributed by atoms with Crippen LogP contribution in [-0.4, -0.2) is 29.4 Å². The van der Waals surface area contributed by atoms with E-state index in [2.05, 4.69) is 10.5 Å². The lowest BCUT2D eigenvalue weighted by molar-refractivity contribution is -0.119. The molecule has 1 aliphatic heterocycles. The van der Waals surface area contributed by atoms with Crippen molar-refractivity contribution in [2.24, 2.45) is 0 Å². The van der Waals surface area contributed by atoms with Crippen LogP contribution in [0.25, 0.3) is 0 Å². The topological polar surface area (TPSA) is 109 Å². The van der Waals surface area contributed by atoms with Gasteiger partial charge in [-0.25, -0.2) is 4.79 Å². The van der Waals surface area contributed by atoms with Gasteiger partial charge in [0, 0.05) is 24.6 Å². The van der Waals surface area contributed by atoms with Crippen molar-refractivity contribution in [3.05, 3.63) is 65.0 Å². The van der Waals surface area contributed by atoms with Crippen LogP contribution >= 0.6 is 0 Å². The second-order valence-corrected chi connectivity index (χ2v) is 8.72. The predicted octanol–water partition coefficient (Wildman–Crippen LogP) is 4.71. The molecule has 2 aliphatic rings. The van der Waals surface area contributed by atoms with E-state index in [0.29, 0.717) is 40.9 Å². The van der Waals surface area contributed by atoms with E-state index in [0.717, 1.165) is 36.9 Å². The van der Waals surface area contributed by atoms with E-state index in [1.807, 2.05) is 13.8 Å². The quantitative estimate of drug-likeness (QED) is 0.487. The monoisotopic (exact) mass is 478 g/mol. The average Bonchev–Trinajstić information content (AvgIpc) is 3.55. The third-order valence-electron chi connectivity index (χ3n) is 6.17. The molecular formula is C26H26N2O7. The minimum absolute atomic E-state index is 0.311. The summed E-state index contributed by atoms with van der Waals surface area (Å²) in [7, 11) is 0. The molecule has 0 radical (unpaired) electrons. The van der Waals surface area contributed by atoms with Crippen LogP contribution in [0.3, 0.4) is 0 Å². The molecule has 0 saturated heterocycles. The molecule has 35 heavy (non-hydrogen) atoms. The van der Waals surface area contributed by atoms with Crippen molar-refractivity contribution in [1.29, 1.82) is 0 Å². The van der Waals surface area contributed by atoms with E-state index < -0.39 is 24.3 Å². The molecule has 5 rings (SSSR count). The van der Waals surface area contributed by atoms with Crippen molar-refractivity contribution < 1.29 is 33.1 Å². The number of hydrogen-bond acceptors (Lipinski definition) is 8. The number of hydrogen-bond donors (Lipinski definition) is 1. The number of fused-ring (bicyclic) bond motifs is 1. The molecule has 3 aromatic rings. The molecule has 1 fully saturated rings. The summed E-state index contributed by atoms with van der Waals surface area (Å²) in [6.07, 6.45) is 3.85. The van der Waals surface area contributed by atoms with E-state index in [-0.39, 0.29) is 0 Å². The van der Waals surface area contributed by atoms with Crippen LogP contribution < -0.4 is 19.5 Å². The highest BCUT2D eigenvalue weighted by molar-refractivity contribution is 5.95. The van der Waals surface area contributed by atoms with Gasteiger partial charge in [0.1, 0.15) is 18.1 Å². The van der Waals surface area contributed by atoms with Gasteiger partial charge in [0.15, 0.2) is 18.1 Å². The van der Waals surface area contributed by atoms with E-state index in [4.69, 9.17) is 23.5 Å². The smallest absolute Gasteiger partial charge is 0.338 e. The van der Waals surface area contributed by atoms with Gasteiger partial charge < -0.3 is 28.8 Å². The number of carbonyl (C=O) groups excluding carboxylic acids is 2. The Bertz CT molecular complexity index is 1220. The summed E-state index contributed by atoms with van der Waals surface area (Å²) in [4.78, 5) is 24.7. The summed E-state index contributed by atoms with van der Waals surface area (Å²) in [5.41, 5.74) is 2.52. The molecule has 0 atom stereocenters. The fourth-order valence-electron chi connectivity index (χ4n) is 4.25. The summed E-state index contributed by atoms with van der Waals surface area (Å²) < 4.78 is 28.0. The number of amides is 1. The first-order valence-corrected chi connectivity index (χ1v) is 11.5. The number of carbonyl (C=O) groups is 2. The van der Waals surface area contributed by atoms with Gasteiger partial charge in [-0.1, -0.05) is 5.16 Å². The number of nitrogens with zero attached hydrogens (tertiary/aromatic N) is 1. The Morgan fingerprint density at radius 1 is 1.03 bits per heavy atom. The Labute approximate surface area is 202 Å². The van der Waals surface area contributed by atoms with Crippen molar-refractivity contribution in [3.8, 4) is 17.2 Å². The lowest BCUT2D eigenvalue weighted by atomic mass is 10.2. The summed E-state index contributed by atoms with van der Waals surface area (Å²) >= 11 is 0. The fraction of sp³-hybridized carbons (Fsp3) is 0.346. The molecule has 1 spiro atoms. The number of nitrogens with one attached hydrogen (secondary N) is 1. The molecule has 1 aromatic heterocycles. The first kappa shape index (κ1) is 22.8. The average molecular weight is 479 g/mol. The minimum atomic E-state index is -0.605. The highest BCUT2D eigenvalue weighted by Crippen LogP contribution is 2.47. The van der Waals surface area contributed by atoms with Crippen molar-refractivity contribution >= 4 is 17.6 Å². The Morgan fingerprint density at radius 3 is 2.49 bits per heavy atom. The zero-order valence-corrected chi connectivity index (χ0v) is 19.6. The molecule has 1 N–H and O–H groups in total. The van der Waals surface area contributed by atoms with Crippen LogP contribution in [-0.2, 0) is 16.1 Å². The Morgan fingerprint density at radius 2 is 1.77 bits per heavy atom. The maximum Gasteiger partial charge on any atom is 0.338 e. The van der Waals surface area contributed by atoms with Gasteiger partial charge in [0.25, 0.3) is 11.7 Å². The maximum atomic E-state index is 12.3. The molecule has 0 unspecified atom stereocenters. The number of aromatic nitrogens is 1. The molecule has 9 heteroatoms. The third kappa shape index (κ3) is 4.94. The standard InChI is InChI=1S/C26H26N2O7/c1-16-21(17(2)35-28-16)14-31-20-8-5-18(6-9-20)25(30)32-15-24(29)27-19-7-10-22-23(13-19)34-26(33-22)11-3-4-12-26/h5-10,13H,3-4,11-12,14-15H2,1-2H3,(H,27,29). The van der Waals surface area contributed by atoms with Crippen molar-refractivity contribution in [1.82, 2.24) is 5.16 Å². The van der Waals surface area contributed by atoms with E-state index in [1.165, 1.54) is 0 Å². The number of benzene rings is 2. The Hall–Kier alpha value is -4.01. The van der Waals surface area contributed by atoms with Crippen LogP contribution in [0.5, 0.6) is 17.2 Å². The zero-order valence-electron chi connectivity index (χ0n) is 19.6. The molecule has 182 valence electrons. The van der Waals surface area contributed by atoms with Gasteiger partial charge in [-0.15, -0.1) is 0 Å². The van der Waals surface area contributed by atoms with Gasteiger partial charge in [-0.05, 0) is 63.1 Å². The fourth-order valence-corrected chi connectivity index (χ4v) is 4.25. The van der Waals surface area contributed by atoms with Crippen LogP contribution in [0.15, 0.2) is 47.0 Å². The maximum absolute atomic E-state index is 12.3. The summed E-state index contributed by atoms with van der Waals surface area (Å²) in [5, 5.41) is 6.62. The lowest BCUT2D eigenvalue weighted by Gasteiger charge is -2.21. The first-order valence-electron chi connectivity index (χ1n) is 11.5. The summed E-state index contributed by atoms with van der Waals surface area (Å²) in [5.74, 6) is 0.961. The highest BCUT2D eigenvalue weighted by Gasteiger charge is 2.44. The molecular weight excluding hydrogens is 452 g/mol. The van der Waals surface area contributed by atoms with Crippen LogP contribution in [0.4, 0.5) is 5.69 Å². The molecule has 2 heterocycles. The van der Waals surface area contributed by atoms with Gasteiger partial charge in [-0.3, -0.25) is 4.79 Å². The molecule has 1 aliphatic carbocycles. The second-order valence-electron chi connectivity index (χ2n) is 8.72. The first-order chi connectivity index (χ1) is 16.9. The SMILES string of the molecule is Cc1noc(C)c1COc1ccc(C(=O)OCC(=O)Nc2ccc3c(c2)OC2(CCCC2)O3)cc1. The summed E-state index contributed by atoms with van der Waals surface area (Å²) in [6.45, 7) is 3.57. The van der Waals surface area contributed by atoms with Gasteiger partial charge >= 0.3 is 5.97 Å². The number of anilines is 1. The van der Waals surface area contributed by atoms with Gasteiger partial charge in [0.05, 0.1) is 16.8 Å². The van der Waals surface area contributed by atoms with Crippen LogP contribution in [0.2, 0.25) is 0 Å². The second kappa shape index (κ2) is 9.32. The zero-order chi connectivity index (χ0) is 24.4. The van der Waals surface area contributed by atoms with E-state index in [9.17, 15) is 9.59 Å². The lowest BCUT2D eigenvalue weighted by Crippen LogP contribution is -2.34. The minimum Gasteiger partial charge on any atom is -0.489 e. The number of aryl methyl sites for hydroxylation is 2. The molecule has 1 saturated carbocycles. The molecule has 9 nitrogen and oxygen atoms in total. The van der Waals surface area contributed by atoms with Crippen molar-refractivity contribution in [3.63, 3.8) is 0 Å². The van der Waals surface area contributed by atoms with E-state index >= 15 is 0 Å². The normalized spacial score (nSPS) is 15.3. The van der Waals surface area contributed by atoms with E-state index in [1.54, 1.807) is 42.5 Å². The predicted molar refractivity (Wildman–Crippen MR) is 125 cm³/mol. The van der Waals surface area contributed by atoms with Crippen LogP contribution in [0, 0.1) is 13.8 Å². The molecule has 1 amide bonds. The highest BCUT2D eigenvalue weighted by atomic mass is 16.7. The Kier molecular flexibility index (Phi) is 6.07. The number of esters is 1. The largest absolute Gasteiger partial charge is 0.489 e. The van der Waals surface area contributed by atoms with Crippen molar-refractivity contribution in [2.75, 3.05) is 11.9 Å². The molecule has 2 aromatic carbocycles. The van der Waals surface area contributed by atoms with Crippen LogP contribution in [0.1, 0.15) is 53.1 Å². The van der Waals surface area contributed by atoms with Crippen molar-refractivity contribution in [2.45, 2.75) is 51.9 Å². The van der Waals surface area contributed by atoms with Gasteiger partial charge in [-0.2, -0.15) is 0 Å². The number of ether oxygens (including phenoxy) is 4. The Balaban J connectivity index is 1.10. The number of rotatable bonds is 7. The molecule has 0 bridgehead atoms. The third-order valence-corrected chi connectivity index (χ3v) is 6.17.